The molecular formula is C20H24N6O. The maximum Gasteiger partial charge on any atom is 0.245 e. The number of aromatic hydroxyl groups is 1. The number of hydrogen-bond donors (Lipinski definition) is 1. The van der Waals surface area contributed by atoms with Crippen LogP contribution in [0.5, 0.6) is 5.75 Å². The largest absolute Gasteiger partial charge is 0.507 e. The van der Waals surface area contributed by atoms with Gasteiger partial charge in [-0.25, -0.2) is 4.98 Å². The van der Waals surface area contributed by atoms with Crippen LogP contribution in [0.3, 0.4) is 0 Å². The lowest BCUT2D eigenvalue weighted by molar-refractivity contribution is 0.181. The standard InChI is InChI=1S/C20H24N6O/c1-3-25-8-6-15-7-9-26(17(15)12-25)20-22-13(2)19(23-24-20)16-5-4-14(11-21)10-18(16)27/h4-5,10,15,17,27H,3,6-9,12H2,1-2H3. The third-order valence-electron chi connectivity index (χ3n) is 5.88. The Morgan fingerprint density at radius 2 is 2.07 bits per heavy atom. The van der Waals surface area contributed by atoms with Gasteiger partial charge in [-0.05, 0) is 57.0 Å². The predicted octanol–water partition coefficient (Wildman–Crippen LogP) is 2.34. The zero-order chi connectivity index (χ0) is 19.0. The fourth-order valence-corrected chi connectivity index (χ4v) is 4.31. The Bertz CT molecular complexity index is 893. The van der Waals surface area contributed by atoms with E-state index in [1.807, 2.05) is 13.0 Å². The van der Waals surface area contributed by atoms with Gasteiger partial charge in [-0.1, -0.05) is 6.92 Å². The van der Waals surface area contributed by atoms with Crippen molar-refractivity contribution in [2.24, 2.45) is 5.92 Å². The molecule has 0 radical (unpaired) electrons. The van der Waals surface area contributed by atoms with Crippen LogP contribution in [0.1, 0.15) is 31.0 Å². The maximum atomic E-state index is 10.2. The summed E-state index contributed by atoms with van der Waals surface area (Å²) in [6.07, 6.45) is 2.42. The molecule has 0 saturated carbocycles. The van der Waals surface area contributed by atoms with Crippen molar-refractivity contribution in [2.45, 2.75) is 32.7 Å². The second kappa shape index (κ2) is 7.12. The molecule has 2 aromatic rings. The van der Waals surface area contributed by atoms with Gasteiger partial charge in [0.05, 0.1) is 17.3 Å². The molecule has 2 fully saturated rings. The van der Waals surface area contributed by atoms with E-state index in [1.165, 1.54) is 25.5 Å². The van der Waals surface area contributed by atoms with Crippen molar-refractivity contribution in [2.75, 3.05) is 31.1 Å². The minimum absolute atomic E-state index is 0.0214. The molecule has 1 aromatic heterocycles. The van der Waals surface area contributed by atoms with Gasteiger partial charge < -0.3 is 14.9 Å². The number of phenolic OH excluding ortho intramolecular Hbond substituents is 1. The van der Waals surface area contributed by atoms with Gasteiger partial charge in [-0.3, -0.25) is 0 Å². The monoisotopic (exact) mass is 364 g/mol. The molecule has 140 valence electrons. The van der Waals surface area contributed by atoms with Crippen LogP contribution in [0.4, 0.5) is 5.95 Å². The van der Waals surface area contributed by atoms with Crippen LogP contribution in [0.15, 0.2) is 18.2 Å². The Labute approximate surface area is 159 Å². The van der Waals surface area contributed by atoms with Gasteiger partial charge in [0.15, 0.2) is 0 Å². The van der Waals surface area contributed by atoms with E-state index in [4.69, 9.17) is 10.2 Å². The lowest BCUT2D eigenvalue weighted by Gasteiger charge is -2.37. The fourth-order valence-electron chi connectivity index (χ4n) is 4.31. The Balaban J connectivity index is 1.62. The van der Waals surface area contributed by atoms with Gasteiger partial charge in [0.1, 0.15) is 11.4 Å². The Hall–Kier alpha value is -2.72. The molecule has 7 nitrogen and oxygen atoms in total. The first kappa shape index (κ1) is 17.7. The third kappa shape index (κ3) is 3.21. The number of aryl methyl sites for hydroxylation is 1. The van der Waals surface area contributed by atoms with Crippen LogP contribution in [0, 0.1) is 24.2 Å². The van der Waals surface area contributed by atoms with E-state index in [0.717, 1.165) is 25.3 Å². The number of phenols is 1. The quantitative estimate of drug-likeness (QED) is 0.894. The summed E-state index contributed by atoms with van der Waals surface area (Å²) in [5.74, 6) is 1.40. The number of hydrogen-bond acceptors (Lipinski definition) is 7. The summed E-state index contributed by atoms with van der Waals surface area (Å²) in [5.41, 5.74) is 2.24. The summed E-state index contributed by atoms with van der Waals surface area (Å²) in [6.45, 7) is 8.38. The molecule has 27 heavy (non-hydrogen) atoms. The van der Waals surface area contributed by atoms with E-state index < -0.39 is 0 Å². The van der Waals surface area contributed by atoms with Crippen molar-refractivity contribution < 1.29 is 5.11 Å². The topological polar surface area (TPSA) is 89.2 Å². The second-order valence-electron chi connectivity index (χ2n) is 7.38. The number of likely N-dealkylation sites (tertiary alicyclic amines) is 1. The number of benzene rings is 1. The van der Waals surface area contributed by atoms with Crippen molar-refractivity contribution >= 4 is 5.95 Å². The molecule has 0 aliphatic carbocycles. The van der Waals surface area contributed by atoms with Gasteiger partial charge in [0.25, 0.3) is 0 Å². The van der Waals surface area contributed by atoms with Crippen LogP contribution in [-0.4, -0.2) is 57.4 Å². The van der Waals surface area contributed by atoms with E-state index in [2.05, 4.69) is 26.9 Å². The molecule has 2 saturated heterocycles. The van der Waals surface area contributed by atoms with Gasteiger partial charge in [-0.2, -0.15) is 5.26 Å². The normalized spacial score (nSPS) is 22.5. The van der Waals surface area contributed by atoms with Crippen molar-refractivity contribution in [3.8, 4) is 23.1 Å². The van der Waals surface area contributed by atoms with Crippen LogP contribution in [0.25, 0.3) is 11.3 Å². The number of piperidine rings is 1. The summed E-state index contributed by atoms with van der Waals surface area (Å²) in [5, 5.41) is 28.0. The molecule has 2 atom stereocenters. The number of aromatic nitrogens is 3. The number of likely N-dealkylation sites (N-methyl/N-ethyl adjacent to an activating group) is 1. The Morgan fingerprint density at radius 1 is 1.26 bits per heavy atom. The number of anilines is 1. The summed E-state index contributed by atoms with van der Waals surface area (Å²) >= 11 is 0. The highest BCUT2D eigenvalue weighted by molar-refractivity contribution is 5.69. The van der Waals surface area contributed by atoms with Crippen molar-refractivity contribution in [3.05, 3.63) is 29.5 Å². The molecule has 2 unspecified atom stereocenters. The average Bonchev–Trinajstić information content (AvgIpc) is 3.11. The minimum atomic E-state index is 0.0214. The van der Waals surface area contributed by atoms with Gasteiger partial charge >= 0.3 is 0 Å². The van der Waals surface area contributed by atoms with E-state index in [0.29, 0.717) is 34.7 Å². The molecule has 1 N–H and O–H groups in total. The number of nitriles is 1. The molecule has 7 heteroatoms. The fraction of sp³-hybridized carbons (Fsp3) is 0.500. The Kier molecular flexibility index (Phi) is 4.66. The molecule has 0 amide bonds. The third-order valence-corrected chi connectivity index (χ3v) is 5.88. The predicted molar refractivity (Wildman–Crippen MR) is 102 cm³/mol. The van der Waals surface area contributed by atoms with E-state index in [9.17, 15) is 5.11 Å². The second-order valence-corrected chi connectivity index (χ2v) is 7.38. The average molecular weight is 364 g/mol. The highest BCUT2D eigenvalue weighted by Gasteiger charge is 2.39. The molecular weight excluding hydrogens is 340 g/mol. The number of rotatable bonds is 3. The van der Waals surface area contributed by atoms with Crippen LogP contribution in [0.2, 0.25) is 0 Å². The van der Waals surface area contributed by atoms with Crippen LogP contribution < -0.4 is 4.90 Å². The molecule has 4 rings (SSSR count). The lowest BCUT2D eigenvalue weighted by Crippen LogP contribution is -2.48. The van der Waals surface area contributed by atoms with E-state index in [-0.39, 0.29) is 5.75 Å². The highest BCUT2D eigenvalue weighted by Crippen LogP contribution is 2.35. The van der Waals surface area contributed by atoms with E-state index in [1.54, 1.807) is 12.1 Å². The van der Waals surface area contributed by atoms with Gasteiger partial charge in [-0.15, -0.1) is 10.2 Å². The van der Waals surface area contributed by atoms with Crippen molar-refractivity contribution in [1.82, 2.24) is 20.1 Å². The zero-order valence-corrected chi connectivity index (χ0v) is 15.8. The first-order chi connectivity index (χ1) is 13.1. The van der Waals surface area contributed by atoms with Gasteiger partial charge in [0, 0.05) is 24.7 Å². The summed E-state index contributed by atoms with van der Waals surface area (Å²) in [7, 11) is 0. The highest BCUT2D eigenvalue weighted by atomic mass is 16.3. The minimum Gasteiger partial charge on any atom is -0.507 e. The maximum absolute atomic E-state index is 10.2. The van der Waals surface area contributed by atoms with Crippen molar-refractivity contribution in [1.29, 1.82) is 5.26 Å². The van der Waals surface area contributed by atoms with Crippen LogP contribution in [-0.2, 0) is 0 Å². The van der Waals surface area contributed by atoms with Crippen LogP contribution >= 0.6 is 0 Å². The lowest BCUT2D eigenvalue weighted by atomic mass is 9.92. The number of fused-ring (bicyclic) bond motifs is 1. The first-order valence-electron chi connectivity index (χ1n) is 9.54. The molecule has 0 spiro atoms. The SMILES string of the molecule is CCN1CCC2CCN(c3nnc(-c4ccc(C#N)cc4O)c(C)n3)C2C1. The molecule has 1 aromatic carbocycles. The summed E-state index contributed by atoms with van der Waals surface area (Å²) in [4.78, 5) is 9.50. The smallest absolute Gasteiger partial charge is 0.245 e. The number of nitrogens with zero attached hydrogens (tertiary/aromatic N) is 6. The van der Waals surface area contributed by atoms with E-state index >= 15 is 0 Å². The van der Waals surface area contributed by atoms with Crippen molar-refractivity contribution in [3.63, 3.8) is 0 Å². The van der Waals surface area contributed by atoms with Gasteiger partial charge in [0.2, 0.25) is 5.95 Å². The molecule has 0 bridgehead atoms. The molecule has 2 aliphatic rings. The summed E-state index contributed by atoms with van der Waals surface area (Å²) < 4.78 is 0. The zero-order valence-electron chi connectivity index (χ0n) is 15.8. The molecule has 2 aliphatic heterocycles. The molecule has 3 heterocycles. The summed E-state index contributed by atoms with van der Waals surface area (Å²) in [6, 6.07) is 7.27. The first-order valence-corrected chi connectivity index (χ1v) is 9.54. The Morgan fingerprint density at radius 3 is 2.78 bits per heavy atom.